The lowest BCUT2D eigenvalue weighted by molar-refractivity contribution is -0.0254. The maximum Gasteiger partial charge on any atom is 0.183 e. The van der Waals surface area contributed by atoms with Crippen LogP contribution < -0.4 is 0 Å². The van der Waals surface area contributed by atoms with Crippen molar-refractivity contribution in [1.82, 2.24) is 0 Å². The van der Waals surface area contributed by atoms with E-state index < -0.39 is 8.32 Å². The van der Waals surface area contributed by atoms with Crippen molar-refractivity contribution in [2.45, 2.75) is 65.1 Å². The van der Waals surface area contributed by atoms with E-state index >= 15 is 0 Å². The predicted octanol–water partition coefficient (Wildman–Crippen LogP) is 4.35. The summed E-state index contributed by atoms with van der Waals surface area (Å²) in [7, 11) is -1.44. The molecule has 242 valence electrons. The lowest BCUT2D eigenvalue weighted by Gasteiger charge is -2.16. The summed E-state index contributed by atoms with van der Waals surface area (Å²) >= 11 is 0. The molecule has 0 saturated heterocycles. The van der Waals surface area contributed by atoms with Crippen LogP contribution in [-0.2, 0) is 47.1 Å². The molecule has 0 unspecified atom stereocenters. The number of unbranched alkanes of at least 4 members (excludes halogenated alkanes) is 5. The van der Waals surface area contributed by atoms with Gasteiger partial charge in [0.2, 0.25) is 0 Å². The summed E-state index contributed by atoms with van der Waals surface area (Å²) in [5.74, 6) is 0. The van der Waals surface area contributed by atoms with E-state index in [4.69, 9.17) is 47.1 Å². The molecule has 11 heteroatoms. The Morgan fingerprint density at radius 2 is 0.550 bits per heavy atom. The van der Waals surface area contributed by atoms with Gasteiger partial charge >= 0.3 is 0 Å². The summed E-state index contributed by atoms with van der Waals surface area (Å²) in [5, 5.41) is 0. The first kappa shape index (κ1) is 39.8. The van der Waals surface area contributed by atoms with E-state index in [1.54, 1.807) is 0 Å². The molecular formula is C29H62O10Si. The van der Waals surface area contributed by atoms with Gasteiger partial charge in [0.25, 0.3) is 0 Å². The molecule has 0 aliphatic rings. The van der Waals surface area contributed by atoms with Crippen LogP contribution in [0.25, 0.3) is 0 Å². The molecule has 0 aliphatic carbocycles. The zero-order valence-corrected chi connectivity index (χ0v) is 27.3. The summed E-state index contributed by atoms with van der Waals surface area (Å²) in [6.45, 7) is 19.8. The molecule has 0 fully saturated rings. The molecule has 0 aliphatic heterocycles. The zero-order chi connectivity index (χ0) is 29.2. The maximum atomic E-state index is 5.72. The van der Waals surface area contributed by atoms with Crippen LogP contribution in [0.3, 0.4) is 0 Å². The van der Waals surface area contributed by atoms with Gasteiger partial charge in [-0.2, -0.15) is 0 Å². The molecule has 10 nitrogen and oxygen atoms in total. The zero-order valence-electron chi connectivity index (χ0n) is 26.3. The molecule has 0 atom stereocenters. The molecule has 0 heterocycles. The first-order valence-electron chi connectivity index (χ1n) is 15.4. The second kappa shape index (κ2) is 33.3. The SMILES string of the molecule is CCCCCCCCOCCOCCOCCOCCOCCOCCOCCOCCOCCO[Si](C)(C)C. The Balaban J connectivity index is 3.04. The third-order valence-corrected chi connectivity index (χ3v) is 6.45. The minimum atomic E-state index is -1.44. The van der Waals surface area contributed by atoms with Crippen LogP contribution in [0.4, 0.5) is 0 Å². The van der Waals surface area contributed by atoms with Crippen LogP contribution >= 0.6 is 0 Å². The van der Waals surface area contributed by atoms with Crippen LogP contribution in [0.1, 0.15) is 45.4 Å². The monoisotopic (exact) mass is 598 g/mol. The van der Waals surface area contributed by atoms with Gasteiger partial charge in [0.05, 0.1) is 119 Å². The first-order valence-corrected chi connectivity index (χ1v) is 18.8. The molecule has 0 rings (SSSR count). The van der Waals surface area contributed by atoms with E-state index in [1.807, 2.05) is 0 Å². The second-order valence-electron chi connectivity index (χ2n) is 10.2. The molecular weight excluding hydrogens is 536 g/mol. The largest absolute Gasteiger partial charge is 0.415 e. The van der Waals surface area contributed by atoms with Crippen molar-refractivity contribution in [2.75, 3.05) is 126 Å². The van der Waals surface area contributed by atoms with Crippen molar-refractivity contribution < 1.29 is 47.1 Å². The second-order valence-corrected chi connectivity index (χ2v) is 14.8. The van der Waals surface area contributed by atoms with Crippen LogP contribution in [0, 0.1) is 0 Å². The summed E-state index contributed by atoms with van der Waals surface area (Å²) in [6.07, 6.45) is 7.71. The average Bonchev–Trinajstić information content (AvgIpc) is 2.92. The molecule has 0 bridgehead atoms. The maximum absolute atomic E-state index is 5.72. The number of rotatable bonds is 35. The van der Waals surface area contributed by atoms with Crippen molar-refractivity contribution in [3.63, 3.8) is 0 Å². The third kappa shape index (κ3) is 37.8. The minimum absolute atomic E-state index is 0.534. The Kier molecular flexibility index (Phi) is 33.2. The molecule has 0 saturated carbocycles. The van der Waals surface area contributed by atoms with Crippen LogP contribution in [-0.4, -0.2) is 134 Å². The van der Waals surface area contributed by atoms with E-state index in [0.29, 0.717) is 119 Å². The van der Waals surface area contributed by atoms with E-state index in [9.17, 15) is 0 Å². The normalized spacial score (nSPS) is 12.0. The van der Waals surface area contributed by atoms with Gasteiger partial charge in [0.15, 0.2) is 8.32 Å². The summed E-state index contributed by atoms with van der Waals surface area (Å²) in [4.78, 5) is 0. The van der Waals surface area contributed by atoms with E-state index in [-0.39, 0.29) is 0 Å². The fourth-order valence-electron chi connectivity index (χ4n) is 3.25. The van der Waals surface area contributed by atoms with Crippen molar-refractivity contribution in [1.29, 1.82) is 0 Å². The van der Waals surface area contributed by atoms with E-state index in [0.717, 1.165) is 13.0 Å². The molecule has 0 aromatic rings. The van der Waals surface area contributed by atoms with Gasteiger partial charge < -0.3 is 47.1 Å². The molecule has 40 heavy (non-hydrogen) atoms. The number of ether oxygens (including phenoxy) is 9. The lowest BCUT2D eigenvalue weighted by atomic mass is 10.1. The first-order chi connectivity index (χ1) is 19.6. The molecule has 0 radical (unpaired) electrons. The smallest absolute Gasteiger partial charge is 0.183 e. The van der Waals surface area contributed by atoms with Gasteiger partial charge in [0.1, 0.15) is 0 Å². The Labute approximate surface area is 246 Å². The Hall–Kier alpha value is -0.183. The minimum Gasteiger partial charge on any atom is -0.415 e. The fourth-order valence-corrected chi connectivity index (χ4v) is 3.95. The standard InChI is InChI=1S/C29H62O10Si/c1-5-6-7-8-9-10-11-30-12-13-31-14-15-32-16-17-33-18-19-34-20-21-35-22-23-36-24-25-37-26-27-38-28-29-39-40(2,3)4/h5-29H2,1-4H3. The molecule has 0 aromatic heterocycles. The Morgan fingerprint density at radius 3 is 0.850 bits per heavy atom. The lowest BCUT2D eigenvalue weighted by Crippen LogP contribution is -2.27. The quantitative estimate of drug-likeness (QED) is 0.0775. The number of hydrogen-bond acceptors (Lipinski definition) is 10. The highest BCUT2D eigenvalue weighted by molar-refractivity contribution is 6.69. The summed E-state index contributed by atoms with van der Waals surface area (Å²) in [5.41, 5.74) is 0. The van der Waals surface area contributed by atoms with E-state index in [2.05, 4.69) is 26.6 Å². The van der Waals surface area contributed by atoms with Gasteiger partial charge in [-0.15, -0.1) is 0 Å². The highest BCUT2D eigenvalue weighted by atomic mass is 28.4. The highest BCUT2D eigenvalue weighted by Gasteiger charge is 2.13. The predicted molar refractivity (Wildman–Crippen MR) is 160 cm³/mol. The van der Waals surface area contributed by atoms with Gasteiger partial charge in [-0.05, 0) is 26.1 Å². The van der Waals surface area contributed by atoms with Crippen molar-refractivity contribution in [2.24, 2.45) is 0 Å². The van der Waals surface area contributed by atoms with Crippen molar-refractivity contribution in [3.05, 3.63) is 0 Å². The number of hydrogen-bond donors (Lipinski definition) is 0. The van der Waals surface area contributed by atoms with Crippen molar-refractivity contribution in [3.8, 4) is 0 Å². The van der Waals surface area contributed by atoms with Gasteiger partial charge in [0, 0.05) is 6.61 Å². The summed E-state index contributed by atoms with van der Waals surface area (Å²) < 4.78 is 55.2. The van der Waals surface area contributed by atoms with E-state index in [1.165, 1.54) is 32.1 Å². The van der Waals surface area contributed by atoms with Gasteiger partial charge in [-0.1, -0.05) is 39.0 Å². The topological polar surface area (TPSA) is 92.3 Å². The van der Waals surface area contributed by atoms with Crippen LogP contribution in [0.15, 0.2) is 0 Å². The van der Waals surface area contributed by atoms with Crippen LogP contribution in [0.2, 0.25) is 19.6 Å². The van der Waals surface area contributed by atoms with Gasteiger partial charge in [-0.25, -0.2) is 0 Å². The van der Waals surface area contributed by atoms with Crippen molar-refractivity contribution >= 4 is 8.32 Å². The average molecular weight is 599 g/mol. The molecule has 0 spiro atoms. The highest BCUT2D eigenvalue weighted by Crippen LogP contribution is 2.04. The van der Waals surface area contributed by atoms with Crippen LogP contribution in [0.5, 0.6) is 0 Å². The third-order valence-electron chi connectivity index (χ3n) is 5.38. The fraction of sp³-hybridized carbons (Fsp3) is 1.00. The Morgan fingerprint density at radius 1 is 0.300 bits per heavy atom. The summed E-state index contributed by atoms with van der Waals surface area (Å²) in [6, 6.07) is 0. The Bertz CT molecular complexity index is 469. The molecule has 0 aromatic carbocycles. The molecule has 0 N–H and O–H groups in total. The van der Waals surface area contributed by atoms with Gasteiger partial charge in [-0.3, -0.25) is 0 Å². The molecule has 0 amide bonds.